The van der Waals surface area contributed by atoms with Gasteiger partial charge in [0.2, 0.25) is 0 Å². The first-order valence-corrected chi connectivity index (χ1v) is 13.7. The van der Waals surface area contributed by atoms with Crippen LogP contribution in [0.15, 0.2) is 96.2 Å². The van der Waals surface area contributed by atoms with Gasteiger partial charge in [-0.2, -0.15) is 0 Å². The second-order valence-electron chi connectivity index (χ2n) is 9.68. The summed E-state index contributed by atoms with van der Waals surface area (Å²) in [4.78, 5) is 0. The molecule has 0 nitrogen and oxygen atoms in total. The topological polar surface area (TPSA) is 0 Å². The van der Waals surface area contributed by atoms with E-state index < -0.39 is 8.41 Å². The van der Waals surface area contributed by atoms with Gasteiger partial charge < -0.3 is 24.8 Å². The van der Waals surface area contributed by atoms with Gasteiger partial charge >= 0.3 is 26.2 Å². The largest absolute Gasteiger partial charge is 3.00 e. The van der Waals surface area contributed by atoms with Gasteiger partial charge in [-0.3, -0.25) is 0 Å². The molecule has 0 aromatic rings. The van der Waals surface area contributed by atoms with Crippen LogP contribution in [0.1, 0.15) is 6.42 Å². The predicted octanol–water partition coefficient (Wildman–Crippen LogP) is 0.0500. The van der Waals surface area contributed by atoms with Gasteiger partial charge in [0.05, 0.1) is 0 Å². The summed E-state index contributed by atoms with van der Waals surface area (Å²) >= 11 is 0. The zero-order valence-corrected chi connectivity index (χ0v) is 23.6. The molecule has 6 aliphatic rings. The quantitative estimate of drug-likeness (QED) is 0.317. The Kier molecular flexibility index (Phi) is 8.04. The molecule has 0 saturated heterocycles. The van der Waals surface area contributed by atoms with Crippen molar-refractivity contribution in [1.29, 1.82) is 0 Å². The number of fused-ring (bicyclic) bond motifs is 8. The van der Waals surface area contributed by atoms with E-state index in [2.05, 4.69) is 105 Å². The molecule has 0 heterocycles. The molecule has 32 heavy (non-hydrogen) atoms. The molecule has 4 heteroatoms. The Bertz CT molecular complexity index is 1030. The monoisotopic (exact) mass is 553 g/mol. The molecule has 0 amide bonds. The first-order valence-electron chi connectivity index (χ1n) is 11.2. The van der Waals surface area contributed by atoms with Crippen LogP contribution in [0.4, 0.5) is 0 Å². The van der Waals surface area contributed by atoms with Crippen LogP contribution < -0.4 is 24.8 Å². The van der Waals surface area contributed by atoms with E-state index in [4.69, 9.17) is 0 Å². The SMILES string of the molecule is C[Si](C)=C1C=CC=C2[CH-]C3(C4=CC=CC4)C4C=CC=CC4C4C=CC=CC4C3C21.[Cl-].[Cl-].[Zr+3]. The Morgan fingerprint density at radius 1 is 0.844 bits per heavy atom. The van der Waals surface area contributed by atoms with Crippen LogP contribution in [-0.4, -0.2) is 13.6 Å². The summed E-state index contributed by atoms with van der Waals surface area (Å²) in [5.41, 5.74) is 3.38. The molecule has 0 spiro atoms. The maximum Gasteiger partial charge on any atom is 3.00 e. The van der Waals surface area contributed by atoms with Crippen molar-refractivity contribution >= 4 is 13.6 Å². The molecule has 1 radical (unpaired) electrons. The molecule has 0 bridgehead atoms. The fourth-order valence-corrected chi connectivity index (χ4v) is 8.72. The molecule has 163 valence electrons. The Morgan fingerprint density at radius 3 is 2.22 bits per heavy atom. The zero-order valence-electron chi connectivity index (χ0n) is 18.6. The molecule has 7 unspecified atom stereocenters. The zero-order chi connectivity index (χ0) is 19.6. The van der Waals surface area contributed by atoms with Gasteiger partial charge in [0.25, 0.3) is 0 Å². The molecule has 0 aliphatic heterocycles. The standard InChI is InChI=1S/C28H29Si.2ClH.Zr/c1-29(2)25-17-9-10-19-18-28(20-11-3-4-12-20)24-16-8-7-14-22(24)21-13-5-6-15-23(21)27(28)26(19)25;;;/h3-11,13-18,21-24,26-27H,12H2,1-2H3;2*1H;/q-1;;;+3/p-2. The van der Waals surface area contributed by atoms with Crippen LogP contribution in [0.2, 0.25) is 13.1 Å². The maximum absolute atomic E-state index is 2.74. The van der Waals surface area contributed by atoms with Crippen LogP contribution in [0, 0.1) is 47.3 Å². The van der Waals surface area contributed by atoms with Crippen molar-refractivity contribution in [3.05, 3.63) is 103 Å². The van der Waals surface area contributed by atoms with Gasteiger partial charge in [-0.1, -0.05) is 96.7 Å². The minimum Gasteiger partial charge on any atom is -1.00 e. The summed E-state index contributed by atoms with van der Waals surface area (Å²) in [6.45, 7) is 4.96. The minimum atomic E-state index is -0.493. The van der Waals surface area contributed by atoms with Crippen molar-refractivity contribution in [3.8, 4) is 0 Å². The van der Waals surface area contributed by atoms with Crippen LogP contribution in [0.5, 0.6) is 0 Å². The summed E-state index contributed by atoms with van der Waals surface area (Å²) in [7, 11) is -0.493. The van der Waals surface area contributed by atoms with Crippen LogP contribution in [0.3, 0.4) is 0 Å². The summed E-state index contributed by atoms with van der Waals surface area (Å²) in [6, 6.07) is 0. The normalized spacial score (nSPS) is 38.6. The first kappa shape index (κ1) is 26.0. The third-order valence-corrected chi connectivity index (χ3v) is 9.92. The van der Waals surface area contributed by atoms with Crippen LogP contribution >= 0.6 is 0 Å². The number of hydrogen-bond donors (Lipinski definition) is 0. The molecule has 0 N–H and O–H groups in total. The molecular weight excluding hydrogens is 527 g/mol. The molecule has 0 aromatic carbocycles. The molecule has 2 fully saturated rings. The minimum absolute atomic E-state index is 0. The van der Waals surface area contributed by atoms with Crippen molar-refractivity contribution in [2.75, 3.05) is 0 Å². The van der Waals surface area contributed by atoms with E-state index in [0.717, 1.165) is 6.42 Å². The van der Waals surface area contributed by atoms with Gasteiger partial charge in [0, 0.05) is 8.41 Å². The van der Waals surface area contributed by atoms with Gasteiger partial charge in [-0.05, 0) is 47.3 Å². The summed E-state index contributed by atoms with van der Waals surface area (Å²) < 4.78 is 0. The summed E-state index contributed by atoms with van der Waals surface area (Å²) in [5.74, 6) is 3.58. The van der Waals surface area contributed by atoms with E-state index in [-0.39, 0.29) is 56.4 Å². The Hall–Kier alpha value is -0.660. The molecule has 2 saturated carbocycles. The van der Waals surface area contributed by atoms with Gasteiger partial charge in [0.1, 0.15) is 0 Å². The number of rotatable bonds is 1. The Balaban J connectivity index is 0.000000963. The van der Waals surface area contributed by atoms with E-state index in [1.165, 1.54) is 0 Å². The first-order chi connectivity index (χ1) is 14.2. The number of allylic oxidation sites excluding steroid dienone is 16. The molecule has 6 aliphatic carbocycles. The number of halogens is 2. The van der Waals surface area contributed by atoms with Crippen molar-refractivity contribution < 1.29 is 51.0 Å². The van der Waals surface area contributed by atoms with Gasteiger partial charge in [0.15, 0.2) is 0 Å². The average molecular weight is 556 g/mol. The smallest absolute Gasteiger partial charge is 1.00 e. The van der Waals surface area contributed by atoms with E-state index in [0.29, 0.717) is 35.5 Å². The molecule has 7 atom stereocenters. The fraction of sp³-hybridized carbons (Fsp3) is 0.357. The second-order valence-corrected chi connectivity index (χ2v) is 12.3. The van der Waals surface area contributed by atoms with Gasteiger partial charge in [-0.15, -0.1) is 6.08 Å². The van der Waals surface area contributed by atoms with Crippen molar-refractivity contribution in [2.24, 2.45) is 40.9 Å². The van der Waals surface area contributed by atoms with Crippen LogP contribution in [0.25, 0.3) is 0 Å². The van der Waals surface area contributed by atoms with Gasteiger partial charge in [-0.25, -0.2) is 18.1 Å². The van der Waals surface area contributed by atoms with E-state index >= 15 is 0 Å². The third kappa shape index (κ3) is 3.56. The fourth-order valence-electron chi connectivity index (χ4n) is 7.32. The maximum atomic E-state index is 2.74. The summed E-state index contributed by atoms with van der Waals surface area (Å²) in [5, 5.41) is 1.73. The second kappa shape index (κ2) is 9.91. The molecule has 6 rings (SSSR count). The molecular formula is C28H29Cl2SiZr. The molecule has 0 aromatic heterocycles. The summed E-state index contributed by atoms with van der Waals surface area (Å²) in [6.07, 6.45) is 37.5. The third-order valence-electron chi connectivity index (χ3n) is 8.29. The number of hydrogen-bond acceptors (Lipinski definition) is 0. The Labute approximate surface area is 226 Å². The average Bonchev–Trinajstić information content (AvgIpc) is 3.40. The Morgan fingerprint density at radius 2 is 1.53 bits per heavy atom. The van der Waals surface area contributed by atoms with Crippen LogP contribution in [-0.2, 0) is 26.2 Å². The van der Waals surface area contributed by atoms with E-state index in [9.17, 15) is 0 Å². The van der Waals surface area contributed by atoms with E-state index in [1.807, 2.05) is 0 Å². The van der Waals surface area contributed by atoms with Crippen molar-refractivity contribution in [1.82, 2.24) is 0 Å². The van der Waals surface area contributed by atoms with Crippen molar-refractivity contribution in [3.63, 3.8) is 0 Å². The van der Waals surface area contributed by atoms with E-state index in [1.54, 1.807) is 16.3 Å². The van der Waals surface area contributed by atoms with Crippen molar-refractivity contribution in [2.45, 2.75) is 19.5 Å². The predicted molar refractivity (Wildman–Crippen MR) is 126 cm³/mol.